The Morgan fingerprint density at radius 3 is 1.96 bits per heavy atom. The van der Waals surface area contributed by atoms with E-state index in [1.807, 2.05) is 6.07 Å². The van der Waals surface area contributed by atoms with Crippen LogP contribution in [0.1, 0.15) is 88.8 Å². The van der Waals surface area contributed by atoms with E-state index < -0.39 is 6.16 Å². The largest absolute Gasteiger partial charge is 0.511 e. The van der Waals surface area contributed by atoms with Gasteiger partial charge in [-0.1, -0.05) is 58.9 Å². The van der Waals surface area contributed by atoms with Gasteiger partial charge in [0.15, 0.2) is 0 Å². The van der Waals surface area contributed by atoms with Crippen molar-refractivity contribution in [2.75, 3.05) is 0 Å². The molecule has 1 rings (SSSR count). The molecular formula is C21H34O3. The van der Waals surface area contributed by atoms with E-state index >= 15 is 0 Å². The van der Waals surface area contributed by atoms with E-state index in [4.69, 9.17) is 9.84 Å². The number of carbonyl (C=O) groups is 1. The molecule has 1 N–H and O–H groups in total. The van der Waals surface area contributed by atoms with Crippen molar-refractivity contribution in [1.29, 1.82) is 0 Å². The molecule has 0 saturated carbocycles. The van der Waals surface area contributed by atoms with Crippen molar-refractivity contribution in [3.63, 3.8) is 0 Å². The average molecular weight is 335 g/mol. The van der Waals surface area contributed by atoms with Gasteiger partial charge in [0.25, 0.3) is 0 Å². The van der Waals surface area contributed by atoms with Crippen LogP contribution in [0.15, 0.2) is 12.1 Å². The first-order chi connectivity index (χ1) is 11.6. The van der Waals surface area contributed by atoms with E-state index in [2.05, 4.69) is 26.8 Å². The molecule has 0 spiro atoms. The number of unbranched alkanes of at least 4 members (excludes halogenated alkanes) is 5. The van der Waals surface area contributed by atoms with Crippen LogP contribution in [-0.2, 0) is 19.3 Å². The second-order valence-electron chi connectivity index (χ2n) is 6.57. The molecule has 0 aliphatic heterocycles. The monoisotopic (exact) mass is 334 g/mol. The van der Waals surface area contributed by atoms with Crippen LogP contribution in [0.25, 0.3) is 0 Å². The molecule has 3 heteroatoms. The van der Waals surface area contributed by atoms with E-state index in [0.717, 1.165) is 44.1 Å². The molecule has 0 aliphatic rings. The fourth-order valence-electron chi connectivity index (χ4n) is 3.20. The van der Waals surface area contributed by atoms with Crippen LogP contribution in [0.2, 0.25) is 0 Å². The summed E-state index contributed by atoms with van der Waals surface area (Å²) in [6.07, 6.45) is 11.1. The van der Waals surface area contributed by atoms with E-state index in [0.29, 0.717) is 5.75 Å². The van der Waals surface area contributed by atoms with Gasteiger partial charge in [0.1, 0.15) is 5.75 Å². The Kier molecular flexibility index (Phi) is 10.2. The van der Waals surface area contributed by atoms with Crippen LogP contribution in [0.5, 0.6) is 5.75 Å². The van der Waals surface area contributed by atoms with Crippen molar-refractivity contribution in [2.24, 2.45) is 0 Å². The number of ether oxygens (including phenoxy) is 1. The van der Waals surface area contributed by atoms with Crippen molar-refractivity contribution in [3.8, 4) is 5.75 Å². The Labute approximate surface area is 147 Å². The number of aryl methyl sites for hydroxylation is 1. The highest BCUT2D eigenvalue weighted by molar-refractivity contribution is 5.63. The lowest BCUT2D eigenvalue weighted by atomic mass is 9.90. The van der Waals surface area contributed by atoms with Gasteiger partial charge in [-0.25, -0.2) is 4.79 Å². The molecule has 0 heterocycles. The molecule has 0 bridgehead atoms. The zero-order valence-electron chi connectivity index (χ0n) is 15.7. The third kappa shape index (κ3) is 6.94. The predicted octanol–water partition coefficient (Wildman–Crippen LogP) is 6.55. The molecule has 0 atom stereocenters. The highest BCUT2D eigenvalue weighted by Gasteiger charge is 2.16. The Morgan fingerprint density at radius 1 is 0.833 bits per heavy atom. The Balaban J connectivity index is 3.14. The first kappa shape index (κ1) is 20.5. The zero-order valence-corrected chi connectivity index (χ0v) is 15.7. The summed E-state index contributed by atoms with van der Waals surface area (Å²) in [6, 6.07) is 3.95. The molecule has 0 fully saturated rings. The van der Waals surface area contributed by atoms with Gasteiger partial charge in [0.2, 0.25) is 0 Å². The summed E-state index contributed by atoms with van der Waals surface area (Å²) in [7, 11) is 0. The van der Waals surface area contributed by atoms with Crippen LogP contribution in [-0.4, -0.2) is 11.3 Å². The number of hydrogen-bond donors (Lipinski definition) is 1. The summed E-state index contributed by atoms with van der Waals surface area (Å²) in [6.45, 7) is 6.61. The predicted molar refractivity (Wildman–Crippen MR) is 100 cm³/mol. The molecular weight excluding hydrogens is 300 g/mol. The fourth-order valence-corrected chi connectivity index (χ4v) is 3.20. The third-order valence-corrected chi connectivity index (χ3v) is 4.54. The fraction of sp³-hybridized carbons (Fsp3) is 0.667. The normalized spacial score (nSPS) is 10.8. The van der Waals surface area contributed by atoms with Crippen LogP contribution < -0.4 is 4.74 Å². The molecule has 0 amide bonds. The van der Waals surface area contributed by atoms with Crippen molar-refractivity contribution < 1.29 is 14.6 Å². The van der Waals surface area contributed by atoms with Crippen molar-refractivity contribution >= 4 is 6.16 Å². The lowest BCUT2D eigenvalue weighted by Crippen LogP contribution is -2.09. The molecule has 24 heavy (non-hydrogen) atoms. The summed E-state index contributed by atoms with van der Waals surface area (Å²) in [5, 5.41) is 9.06. The topological polar surface area (TPSA) is 46.5 Å². The molecule has 1 aromatic carbocycles. The zero-order chi connectivity index (χ0) is 17.8. The van der Waals surface area contributed by atoms with Crippen molar-refractivity contribution in [3.05, 3.63) is 28.8 Å². The molecule has 3 nitrogen and oxygen atoms in total. The van der Waals surface area contributed by atoms with Gasteiger partial charge in [0, 0.05) is 0 Å². The standard InChI is InChI=1S/C21H34O3/c1-4-7-10-13-18-17(12-9-6-3)15-16-20(24-21(22)23)19(18)14-11-8-5-2/h15-16H,4-14H2,1-3H3,(H,22,23). The Bertz CT molecular complexity index is 494. The Morgan fingerprint density at radius 2 is 1.42 bits per heavy atom. The average Bonchev–Trinajstić information content (AvgIpc) is 2.55. The first-order valence-electron chi connectivity index (χ1n) is 9.68. The van der Waals surface area contributed by atoms with Crippen LogP contribution >= 0.6 is 0 Å². The van der Waals surface area contributed by atoms with Gasteiger partial charge in [-0.15, -0.1) is 0 Å². The maximum Gasteiger partial charge on any atom is 0.511 e. The maximum absolute atomic E-state index is 11.1. The first-order valence-corrected chi connectivity index (χ1v) is 9.68. The lowest BCUT2D eigenvalue weighted by Gasteiger charge is -2.18. The lowest BCUT2D eigenvalue weighted by molar-refractivity contribution is 0.144. The maximum atomic E-state index is 11.1. The van der Waals surface area contributed by atoms with Crippen LogP contribution in [0.3, 0.4) is 0 Å². The second kappa shape index (κ2) is 11.9. The van der Waals surface area contributed by atoms with E-state index in [9.17, 15) is 4.79 Å². The highest BCUT2D eigenvalue weighted by Crippen LogP contribution is 2.30. The molecule has 0 saturated heterocycles. The number of benzene rings is 1. The Hall–Kier alpha value is -1.51. The van der Waals surface area contributed by atoms with Gasteiger partial charge in [0.05, 0.1) is 0 Å². The smallest absolute Gasteiger partial charge is 0.449 e. The molecule has 0 unspecified atom stereocenters. The SMILES string of the molecule is CCCCCc1c(CCCC)ccc(OC(=O)O)c1CCCCC. The molecule has 136 valence electrons. The van der Waals surface area contributed by atoms with Crippen LogP contribution in [0, 0.1) is 0 Å². The van der Waals surface area contributed by atoms with Gasteiger partial charge in [-0.3, -0.25) is 0 Å². The van der Waals surface area contributed by atoms with Gasteiger partial charge in [-0.2, -0.15) is 0 Å². The van der Waals surface area contributed by atoms with E-state index in [-0.39, 0.29) is 0 Å². The number of carboxylic acid groups (broad SMARTS) is 1. The number of rotatable bonds is 12. The second-order valence-corrected chi connectivity index (χ2v) is 6.57. The quantitative estimate of drug-likeness (QED) is 0.268. The van der Waals surface area contributed by atoms with E-state index in [1.54, 1.807) is 0 Å². The summed E-state index contributed by atoms with van der Waals surface area (Å²) in [5.74, 6) is 0.547. The van der Waals surface area contributed by atoms with Gasteiger partial charge < -0.3 is 9.84 Å². The summed E-state index contributed by atoms with van der Waals surface area (Å²) in [5.41, 5.74) is 3.87. The summed E-state index contributed by atoms with van der Waals surface area (Å²) < 4.78 is 5.10. The van der Waals surface area contributed by atoms with Crippen molar-refractivity contribution in [2.45, 2.75) is 91.4 Å². The molecule has 0 radical (unpaired) electrons. The van der Waals surface area contributed by atoms with Gasteiger partial charge >= 0.3 is 6.16 Å². The van der Waals surface area contributed by atoms with Crippen molar-refractivity contribution in [1.82, 2.24) is 0 Å². The minimum atomic E-state index is -1.22. The minimum absolute atomic E-state index is 0.547. The van der Waals surface area contributed by atoms with Crippen LogP contribution in [0.4, 0.5) is 4.79 Å². The molecule has 1 aromatic rings. The highest BCUT2D eigenvalue weighted by atomic mass is 16.7. The molecule has 0 aromatic heterocycles. The summed E-state index contributed by atoms with van der Waals surface area (Å²) in [4.78, 5) is 11.1. The van der Waals surface area contributed by atoms with Gasteiger partial charge in [-0.05, 0) is 61.3 Å². The number of hydrogen-bond acceptors (Lipinski definition) is 2. The summed E-state index contributed by atoms with van der Waals surface area (Å²) >= 11 is 0. The molecule has 0 aliphatic carbocycles. The third-order valence-electron chi connectivity index (χ3n) is 4.54. The minimum Gasteiger partial charge on any atom is -0.449 e. The van der Waals surface area contributed by atoms with E-state index in [1.165, 1.54) is 43.2 Å².